The molecule has 0 amide bonds. The molecule has 0 bridgehead atoms. The van der Waals surface area contributed by atoms with Gasteiger partial charge in [0, 0.05) is 10.6 Å². The number of nitrogens with zero attached hydrogens (tertiary/aromatic N) is 1. The van der Waals surface area contributed by atoms with Gasteiger partial charge in [-0.2, -0.15) is 5.26 Å². The molecule has 0 radical (unpaired) electrons. The SMILES string of the molecule is CCOC(=O)C1=C(N)Oc2ccc(Cl)cc2[C@H]1[C@H](C#N)C(=O)OCC. The van der Waals surface area contributed by atoms with Gasteiger partial charge in [-0.15, -0.1) is 0 Å². The second-order valence-corrected chi connectivity index (χ2v) is 5.56. The van der Waals surface area contributed by atoms with Crippen molar-refractivity contribution in [2.24, 2.45) is 11.7 Å². The number of esters is 2. The maximum atomic E-state index is 12.4. The van der Waals surface area contributed by atoms with Crippen LogP contribution in [0.2, 0.25) is 5.02 Å². The number of rotatable bonds is 5. The Morgan fingerprint density at radius 2 is 2.04 bits per heavy atom. The molecule has 0 saturated heterocycles. The van der Waals surface area contributed by atoms with E-state index in [1.54, 1.807) is 26.0 Å². The van der Waals surface area contributed by atoms with Gasteiger partial charge in [0.05, 0.1) is 25.2 Å². The summed E-state index contributed by atoms with van der Waals surface area (Å²) >= 11 is 6.04. The summed E-state index contributed by atoms with van der Waals surface area (Å²) in [6.45, 7) is 3.45. The van der Waals surface area contributed by atoms with Crippen LogP contribution in [0.1, 0.15) is 25.3 Å². The summed E-state index contributed by atoms with van der Waals surface area (Å²) in [7, 11) is 0. The quantitative estimate of drug-likeness (QED) is 0.797. The lowest BCUT2D eigenvalue weighted by Gasteiger charge is -2.29. The lowest BCUT2D eigenvalue weighted by molar-refractivity contribution is -0.146. The Hall–Kier alpha value is -2.72. The first-order chi connectivity index (χ1) is 11.9. The molecule has 1 aromatic rings. The summed E-state index contributed by atoms with van der Waals surface area (Å²) in [5, 5.41) is 9.90. The maximum absolute atomic E-state index is 12.4. The summed E-state index contributed by atoms with van der Waals surface area (Å²) < 4.78 is 15.4. The van der Waals surface area contributed by atoms with Gasteiger partial charge in [-0.1, -0.05) is 11.6 Å². The van der Waals surface area contributed by atoms with E-state index >= 15 is 0 Å². The van der Waals surface area contributed by atoms with E-state index < -0.39 is 23.8 Å². The Kier molecular flexibility index (Phi) is 5.88. The number of carbonyl (C=O) groups excluding carboxylic acids is 2. The lowest BCUT2D eigenvalue weighted by atomic mass is 9.79. The highest BCUT2D eigenvalue weighted by atomic mass is 35.5. The van der Waals surface area contributed by atoms with Gasteiger partial charge in [0.1, 0.15) is 11.3 Å². The van der Waals surface area contributed by atoms with Crippen molar-refractivity contribution < 1.29 is 23.8 Å². The Morgan fingerprint density at radius 1 is 1.36 bits per heavy atom. The zero-order valence-electron chi connectivity index (χ0n) is 13.7. The van der Waals surface area contributed by atoms with Gasteiger partial charge in [-0.3, -0.25) is 4.79 Å². The van der Waals surface area contributed by atoms with Gasteiger partial charge < -0.3 is 19.9 Å². The molecule has 1 aliphatic heterocycles. The Balaban J connectivity index is 2.63. The third kappa shape index (κ3) is 3.69. The number of ether oxygens (including phenoxy) is 3. The average molecular weight is 365 g/mol. The van der Waals surface area contributed by atoms with Crippen molar-refractivity contribution in [2.75, 3.05) is 13.2 Å². The molecule has 8 heteroatoms. The standard InChI is InChI=1S/C17H17ClN2O5/c1-3-23-16(21)11(8-19)13-10-7-9(18)5-6-12(10)25-15(20)14(13)17(22)24-4-2/h5-7,11,13H,3-4,20H2,1-2H3/t11-,13-/m0/s1. The zero-order valence-corrected chi connectivity index (χ0v) is 14.5. The van der Waals surface area contributed by atoms with E-state index in [0.29, 0.717) is 16.3 Å². The van der Waals surface area contributed by atoms with Crippen molar-refractivity contribution >= 4 is 23.5 Å². The molecule has 0 spiro atoms. The van der Waals surface area contributed by atoms with E-state index in [4.69, 9.17) is 31.5 Å². The number of benzene rings is 1. The smallest absolute Gasteiger partial charge is 0.340 e. The molecule has 7 nitrogen and oxygen atoms in total. The number of fused-ring (bicyclic) bond motifs is 1. The molecule has 1 aliphatic rings. The maximum Gasteiger partial charge on any atom is 0.340 e. The van der Waals surface area contributed by atoms with Crippen molar-refractivity contribution in [1.29, 1.82) is 5.26 Å². The largest absolute Gasteiger partial charge is 0.465 e. The second-order valence-electron chi connectivity index (χ2n) is 5.12. The highest BCUT2D eigenvalue weighted by Crippen LogP contribution is 2.44. The van der Waals surface area contributed by atoms with E-state index in [9.17, 15) is 14.9 Å². The fraction of sp³-hybridized carbons (Fsp3) is 0.353. The number of nitrogens with two attached hydrogens (primary N) is 1. The van der Waals surface area contributed by atoms with Gasteiger partial charge in [-0.05, 0) is 32.0 Å². The molecule has 0 unspecified atom stereocenters. The molecule has 0 aromatic heterocycles. The van der Waals surface area contributed by atoms with Gasteiger partial charge >= 0.3 is 11.9 Å². The third-order valence-corrected chi connectivity index (χ3v) is 3.85. The van der Waals surface area contributed by atoms with Crippen molar-refractivity contribution in [2.45, 2.75) is 19.8 Å². The van der Waals surface area contributed by atoms with Crippen molar-refractivity contribution in [3.8, 4) is 11.8 Å². The Labute approximate surface area is 149 Å². The van der Waals surface area contributed by atoms with Crippen LogP contribution >= 0.6 is 11.6 Å². The van der Waals surface area contributed by atoms with Gasteiger partial charge in [0.2, 0.25) is 5.88 Å². The highest BCUT2D eigenvalue weighted by molar-refractivity contribution is 6.30. The van der Waals surface area contributed by atoms with Crippen molar-refractivity contribution in [3.63, 3.8) is 0 Å². The molecule has 1 aromatic carbocycles. The van der Waals surface area contributed by atoms with E-state index in [0.717, 1.165) is 0 Å². The summed E-state index contributed by atoms with van der Waals surface area (Å²) in [4.78, 5) is 24.6. The van der Waals surface area contributed by atoms with Crippen molar-refractivity contribution in [3.05, 3.63) is 40.2 Å². The molecular formula is C17H17ClN2O5. The number of halogens is 1. The third-order valence-electron chi connectivity index (χ3n) is 3.61. The zero-order chi connectivity index (χ0) is 18.6. The average Bonchev–Trinajstić information content (AvgIpc) is 2.56. The van der Waals surface area contributed by atoms with Crippen LogP contribution in [0.15, 0.2) is 29.7 Å². The minimum atomic E-state index is -1.31. The van der Waals surface area contributed by atoms with Crippen LogP contribution in [-0.4, -0.2) is 25.2 Å². The molecule has 0 saturated carbocycles. The van der Waals surface area contributed by atoms with E-state index in [2.05, 4.69) is 0 Å². The second kappa shape index (κ2) is 7.90. The molecule has 0 aliphatic carbocycles. The summed E-state index contributed by atoms with van der Waals surface area (Å²) in [5.74, 6) is -3.76. The number of hydrogen-bond donors (Lipinski definition) is 1. The first kappa shape index (κ1) is 18.6. The number of hydrogen-bond acceptors (Lipinski definition) is 7. The molecule has 2 rings (SSSR count). The summed E-state index contributed by atoms with van der Waals surface area (Å²) in [6.07, 6.45) is 0. The summed E-state index contributed by atoms with van der Waals surface area (Å²) in [5.41, 5.74) is 6.17. The molecule has 2 atom stereocenters. The molecule has 25 heavy (non-hydrogen) atoms. The van der Waals surface area contributed by atoms with Crippen LogP contribution in [-0.2, 0) is 19.1 Å². The Morgan fingerprint density at radius 3 is 2.64 bits per heavy atom. The van der Waals surface area contributed by atoms with Gasteiger partial charge in [0.15, 0.2) is 5.92 Å². The monoisotopic (exact) mass is 364 g/mol. The highest BCUT2D eigenvalue weighted by Gasteiger charge is 2.43. The molecule has 132 valence electrons. The molecule has 0 fully saturated rings. The van der Waals surface area contributed by atoms with Crippen molar-refractivity contribution in [1.82, 2.24) is 0 Å². The minimum absolute atomic E-state index is 0.0938. The fourth-order valence-corrected chi connectivity index (χ4v) is 2.80. The van der Waals surface area contributed by atoms with Crippen LogP contribution in [0.3, 0.4) is 0 Å². The van der Waals surface area contributed by atoms with E-state index in [-0.39, 0.29) is 24.7 Å². The summed E-state index contributed by atoms with van der Waals surface area (Å²) in [6, 6.07) is 6.55. The van der Waals surface area contributed by atoms with E-state index in [1.807, 2.05) is 6.07 Å². The van der Waals surface area contributed by atoms with Gasteiger partial charge in [-0.25, -0.2) is 4.79 Å². The first-order valence-corrected chi connectivity index (χ1v) is 8.02. The van der Waals surface area contributed by atoms with E-state index in [1.165, 1.54) is 6.07 Å². The molecule has 2 N–H and O–H groups in total. The van der Waals surface area contributed by atoms with Gasteiger partial charge in [0.25, 0.3) is 0 Å². The van der Waals surface area contributed by atoms with Crippen LogP contribution in [0.4, 0.5) is 0 Å². The predicted octanol–water partition coefficient (Wildman–Crippen LogP) is 2.25. The lowest BCUT2D eigenvalue weighted by Crippen LogP contribution is -2.33. The first-order valence-electron chi connectivity index (χ1n) is 7.64. The topological polar surface area (TPSA) is 112 Å². The number of nitriles is 1. The minimum Gasteiger partial charge on any atom is -0.465 e. The molecular weight excluding hydrogens is 348 g/mol. The molecule has 1 heterocycles. The van der Waals surface area contributed by atoms with Crippen LogP contribution in [0.5, 0.6) is 5.75 Å². The predicted molar refractivity (Wildman–Crippen MR) is 88.4 cm³/mol. The van der Waals surface area contributed by atoms with Crippen LogP contribution in [0, 0.1) is 17.2 Å². The normalized spacial score (nSPS) is 17.0. The fourth-order valence-electron chi connectivity index (χ4n) is 2.62. The number of carbonyl (C=O) groups is 2. The Bertz CT molecular complexity index is 769. The van der Waals surface area contributed by atoms with Crippen LogP contribution in [0.25, 0.3) is 0 Å². The van der Waals surface area contributed by atoms with Crippen LogP contribution < -0.4 is 10.5 Å².